The van der Waals surface area contributed by atoms with Crippen molar-refractivity contribution >= 4 is 0 Å². The second-order valence-electron chi connectivity index (χ2n) is 5.31. The van der Waals surface area contributed by atoms with Gasteiger partial charge in [0.15, 0.2) is 0 Å². The first-order chi connectivity index (χ1) is 7.97. The summed E-state index contributed by atoms with van der Waals surface area (Å²) in [5, 5.41) is 0. The van der Waals surface area contributed by atoms with Gasteiger partial charge in [0, 0.05) is 0 Å². The second-order valence-corrected chi connectivity index (χ2v) is 5.31. The van der Waals surface area contributed by atoms with Crippen molar-refractivity contribution < 1.29 is 4.74 Å². The van der Waals surface area contributed by atoms with Crippen LogP contribution in [0.4, 0.5) is 0 Å². The molecule has 0 unspecified atom stereocenters. The molecular formula is C15H26O. The maximum absolute atomic E-state index is 5.70. The van der Waals surface area contributed by atoms with Gasteiger partial charge in [-0.1, -0.05) is 44.3 Å². The average molecular weight is 222 g/mol. The van der Waals surface area contributed by atoms with Crippen molar-refractivity contribution in [1.29, 1.82) is 0 Å². The van der Waals surface area contributed by atoms with Crippen molar-refractivity contribution in [3.05, 3.63) is 12.2 Å². The van der Waals surface area contributed by atoms with Crippen LogP contribution < -0.4 is 0 Å². The quantitative estimate of drug-likeness (QED) is 0.430. The lowest BCUT2D eigenvalue weighted by Crippen LogP contribution is -1.94. The topological polar surface area (TPSA) is 12.5 Å². The highest BCUT2D eigenvalue weighted by atomic mass is 16.6. The maximum atomic E-state index is 5.70. The zero-order valence-corrected chi connectivity index (χ0v) is 10.5. The van der Waals surface area contributed by atoms with Gasteiger partial charge in [0.1, 0.15) is 0 Å². The first kappa shape index (κ1) is 12.2. The molecule has 1 saturated heterocycles. The van der Waals surface area contributed by atoms with Gasteiger partial charge in [-0.2, -0.15) is 0 Å². The minimum absolute atomic E-state index is 0.640. The summed E-state index contributed by atoms with van der Waals surface area (Å²) in [6, 6.07) is 0. The smallest absolute Gasteiger partial charge is 0.0841 e. The van der Waals surface area contributed by atoms with Crippen LogP contribution >= 0.6 is 0 Å². The standard InChI is InChI=1S/C15H26O/c1-2-4-6-8-10-12-14-15(16-14)13-11-9-7-5-3-1/h1-2,14-15H,3-13H2/b2-1-/t14-,15+/m1/s1. The van der Waals surface area contributed by atoms with Crippen LogP contribution in [0.5, 0.6) is 0 Å². The second kappa shape index (κ2) is 7.11. The molecule has 0 aromatic carbocycles. The molecule has 1 aliphatic carbocycles. The zero-order valence-electron chi connectivity index (χ0n) is 10.5. The Kier molecular flexibility index (Phi) is 5.41. The maximum Gasteiger partial charge on any atom is 0.0841 e. The average Bonchev–Trinajstić information content (AvgIpc) is 3.02. The Balaban J connectivity index is 1.65. The van der Waals surface area contributed by atoms with Crippen LogP contribution in [-0.2, 0) is 4.74 Å². The Labute approximate surface area is 100 Å². The number of allylic oxidation sites excluding steroid dienone is 2. The van der Waals surface area contributed by atoms with Crippen LogP contribution in [0.25, 0.3) is 0 Å². The van der Waals surface area contributed by atoms with Gasteiger partial charge >= 0.3 is 0 Å². The molecule has 2 atom stereocenters. The number of rotatable bonds is 0. The molecule has 2 aliphatic rings. The Morgan fingerprint density at radius 2 is 1.12 bits per heavy atom. The minimum Gasteiger partial charge on any atom is -0.370 e. The number of epoxide rings is 1. The van der Waals surface area contributed by atoms with E-state index in [9.17, 15) is 0 Å². The Hall–Kier alpha value is -0.300. The van der Waals surface area contributed by atoms with Crippen LogP contribution in [0.15, 0.2) is 12.2 Å². The van der Waals surface area contributed by atoms with Crippen molar-refractivity contribution in [3.63, 3.8) is 0 Å². The Morgan fingerprint density at radius 1 is 0.625 bits per heavy atom. The van der Waals surface area contributed by atoms with Gasteiger partial charge in [-0.3, -0.25) is 0 Å². The van der Waals surface area contributed by atoms with Crippen molar-refractivity contribution in [1.82, 2.24) is 0 Å². The van der Waals surface area contributed by atoms with Crippen molar-refractivity contribution in [2.75, 3.05) is 0 Å². The molecule has 2 rings (SSSR count). The van der Waals surface area contributed by atoms with E-state index in [1.165, 1.54) is 70.6 Å². The van der Waals surface area contributed by atoms with Gasteiger partial charge in [0.05, 0.1) is 12.2 Å². The lowest BCUT2D eigenvalue weighted by atomic mass is 10.1. The summed E-state index contributed by atoms with van der Waals surface area (Å²) in [5.74, 6) is 0. The van der Waals surface area contributed by atoms with Crippen LogP contribution in [0.2, 0.25) is 0 Å². The molecule has 1 heteroatoms. The third-order valence-electron chi connectivity index (χ3n) is 3.82. The first-order valence-electron chi connectivity index (χ1n) is 7.27. The third-order valence-corrected chi connectivity index (χ3v) is 3.82. The van der Waals surface area contributed by atoms with E-state index in [1.807, 2.05) is 0 Å². The van der Waals surface area contributed by atoms with Gasteiger partial charge in [-0.25, -0.2) is 0 Å². The molecule has 1 nitrogen and oxygen atoms in total. The summed E-state index contributed by atoms with van der Waals surface area (Å²) in [7, 11) is 0. The van der Waals surface area contributed by atoms with E-state index in [-0.39, 0.29) is 0 Å². The van der Waals surface area contributed by atoms with E-state index >= 15 is 0 Å². The number of ether oxygens (including phenoxy) is 1. The molecule has 1 heterocycles. The highest BCUT2D eigenvalue weighted by molar-refractivity contribution is 4.85. The van der Waals surface area contributed by atoms with E-state index in [0.717, 1.165) is 0 Å². The molecule has 0 saturated carbocycles. The summed E-state index contributed by atoms with van der Waals surface area (Å²) in [5.41, 5.74) is 0. The summed E-state index contributed by atoms with van der Waals surface area (Å²) in [6.07, 6.45) is 21.0. The molecular weight excluding hydrogens is 196 g/mol. The predicted octanol–water partition coefficient (Wildman–Crippen LogP) is 4.61. The summed E-state index contributed by atoms with van der Waals surface area (Å²) in [4.78, 5) is 0. The van der Waals surface area contributed by atoms with Gasteiger partial charge in [0.25, 0.3) is 0 Å². The molecule has 92 valence electrons. The van der Waals surface area contributed by atoms with Crippen molar-refractivity contribution in [2.24, 2.45) is 0 Å². The monoisotopic (exact) mass is 222 g/mol. The Morgan fingerprint density at radius 3 is 1.75 bits per heavy atom. The number of fused-ring (bicyclic) bond motifs is 1. The SMILES string of the molecule is C1=C\CCCCC[C@H]2O[C@H]2CCCCCC/1. The van der Waals surface area contributed by atoms with Crippen molar-refractivity contribution in [3.8, 4) is 0 Å². The van der Waals surface area contributed by atoms with E-state index in [1.54, 1.807) is 0 Å². The van der Waals surface area contributed by atoms with E-state index in [4.69, 9.17) is 4.74 Å². The normalized spacial score (nSPS) is 35.5. The minimum atomic E-state index is 0.640. The van der Waals surface area contributed by atoms with E-state index in [0.29, 0.717) is 12.2 Å². The number of hydrogen-bond acceptors (Lipinski definition) is 1. The Bertz CT molecular complexity index is 209. The third kappa shape index (κ3) is 4.69. The van der Waals surface area contributed by atoms with Crippen LogP contribution in [0.3, 0.4) is 0 Å². The first-order valence-corrected chi connectivity index (χ1v) is 7.27. The van der Waals surface area contributed by atoms with Gasteiger partial charge < -0.3 is 4.74 Å². The lowest BCUT2D eigenvalue weighted by molar-refractivity contribution is 0.348. The van der Waals surface area contributed by atoms with Crippen LogP contribution in [0.1, 0.15) is 70.6 Å². The number of hydrogen-bond donors (Lipinski definition) is 0. The fourth-order valence-corrected chi connectivity index (χ4v) is 2.67. The molecule has 1 fully saturated rings. The molecule has 0 amide bonds. The fourth-order valence-electron chi connectivity index (χ4n) is 2.67. The van der Waals surface area contributed by atoms with Crippen LogP contribution in [-0.4, -0.2) is 12.2 Å². The molecule has 16 heavy (non-hydrogen) atoms. The van der Waals surface area contributed by atoms with E-state index < -0.39 is 0 Å². The molecule has 0 aromatic heterocycles. The van der Waals surface area contributed by atoms with Gasteiger partial charge in [0.2, 0.25) is 0 Å². The van der Waals surface area contributed by atoms with Crippen LogP contribution in [0, 0.1) is 0 Å². The summed E-state index contributed by atoms with van der Waals surface area (Å²) in [6.45, 7) is 0. The zero-order chi connectivity index (χ0) is 11.1. The van der Waals surface area contributed by atoms with Gasteiger partial charge in [-0.15, -0.1) is 0 Å². The molecule has 0 bridgehead atoms. The fraction of sp³-hybridized carbons (Fsp3) is 0.867. The molecule has 0 N–H and O–H groups in total. The molecule has 0 radical (unpaired) electrons. The molecule has 1 aliphatic heterocycles. The van der Waals surface area contributed by atoms with Gasteiger partial charge in [-0.05, 0) is 38.5 Å². The molecule has 0 aromatic rings. The summed E-state index contributed by atoms with van der Waals surface area (Å²) >= 11 is 0. The van der Waals surface area contributed by atoms with E-state index in [2.05, 4.69) is 12.2 Å². The highest BCUT2D eigenvalue weighted by Gasteiger charge is 2.36. The summed E-state index contributed by atoms with van der Waals surface area (Å²) < 4.78 is 5.70. The highest BCUT2D eigenvalue weighted by Crippen LogP contribution is 2.31. The largest absolute Gasteiger partial charge is 0.370 e. The molecule has 0 spiro atoms. The lowest BCUT2D eigenvalue weighted by Gasteiger charge is -1.97. The van der Waals surface area contributed by atoms with Crippen molar-refractivity contribution in [2.45, 2.75) is 82.8 Å². The predicted molar refractivity (Wildman–Crippen MR) is 68.6 cm³/mol.